The average molecular weight is 441 g/mol. The zero-order chi connectivity index (χ0) is 22.9. The van der Waals surface area contributed by atoms with Gasteiger partial charge in [0.25, 0.3) is 0 Å². The van der Waals surface area contributed by atoms with Crippen molar-refractivity contribution in [2.45, 2.75) is 76.2 Å². The van der Waals surface area contributed by atoms with E-state index in [1.54, 1.807) is 24.3 Å². The van der Waals surface area contributed by atoms with Crippen LogP contribution < -0.4 is 4.74 Å². The summed E-state index contributed by atoms with van der Waals surface area (Å²) in [6.07, 6.45) is 11.9. The lowest BCUT2D eigenvalue weighted by Crippen LogP contribution is -2.20. The quantitative estimate of drug-likeness (QED) is 0.509. The number of para-hydroxylation sites is 1. The number of carbonyl (C=O) groups is 2. The zero-order valence-corrected chi connectivity index (χ0v) is 18.3. The van der Waals surface area contributed by atoms with Gasteiger partial charge < -0.3 is 20.1 Å². The largest absolute Gasteiger partial charge is 0.507 e. The molecule has 3 N–H and O–H groups in total. The summed E-state index contributed by atoms with van der Waals surface area (Å²) in [6, 6.07) is 11.8. The van der Waals surface area contributed by atoms with Crippen molar-refractivity contribution in [3.8, 4) is 11.5 Å². The number of carboxylic acid groups (broad SMARTS) is 2. The fourth-order valence-corrected chi connectivity index (χ4v) is 4.52. The van der Waals surface area contributed by atoms with E-state index in [4.69, 9.17) is 14.9 Å². The molecule has 32 heavy (non-hydrogen) atoms. The molecule has 0 spiro atoms. The molecule has 0 radical (unpaired) electrons. The third-order valence-corrected chi connectivity index (χ3v) is 6.29. The van der Waals surface area contributed by atoms with E-state index in [2.05, 4.69) is 0 Å². The first-order valence-electron chi connectivity index (χ1n) is 11.5. The van der Waals surface area contributed by atoms with E-state index in [0.29, 0.717) is 11.7 Å². The number of aromatic hydroxyl groups is 1. The zero-order valence-electron chi connectivity index (χ0n) is 18.3. The van der Waals surface area contributed by atoms with Gasteiger partial charge in [-0.2, -0.15) is 0 Å². The van der Waals surface area contributed by atoms with E-state index < -0.39 is 11.9 Å². The highest BCUT2D eigenvalue weighted by molar-refractivity contribution is 5.91. The molecular formula is C26H32O6. The van der Waals surface area contributed by atoms with Gasteiger partial charge in [0.1, 0.15) is 22.6 Å². The fraction of sp³-hybridized carbons (Fsp3) is 0.462. The van der Waals surface area contributed by atoms with Crippen molar-refractivity contribution in [2.24, 2.45) is 0 Å². The highest BCUT2D eigenvalue weighted by Crippen LogP contribution is 2.34. The molecule has 2 aromatic carbocycles. The Balaban J connectivity index is 0.000000181. The molecule has 4 rings (SSSR count). The summed E-state index contributed by atoms with van der Waals surface area (Å²) in [4.78, 5) is 21.9. The summed E-state index contributed by atoms with van der Waals surface area (Å²) in [5, 5.41) is 27.4. The van der Waals surface area contributed by atoms with Crippen LogP contribution in [-0.2, 0) is 0 Å². The summed E-state index contributed by atoms with van der Waals surface area (Å²) >= 11 is 0. The van der Waals surface area contributed by atoms with Crippen LogP contribution in [0.5, 0.6) is 11.5 Å². The monoisotopic (exact) mass is 440 g/mol. The van der Waals surface area contributed by atoms with Crippen LogP contribution in [0.4, 0.5) is 0 Å². The summed E-state index contributed by atoms with van der Waals surface area (Å²) in [5.41, 5.74) is 1.33. The van der Waals surface area contributed by atoms with E-state index in [1.807, 2.05) is 12.1 Å². The molecule has 2 saturated carbocycles. The molecular weight excluding hydrogens is 408 g/mol. The van der Waals surface area contributed by atoms with Gasteiger partial charge in [0, 0.05) is 0 Å². The first-order valence-corrected chi connectivity index (χ1v) is 11.5. The molecule has 0 unspecified atom stereocenters. The molecule has 2 fully saturated rings. The summed E-state index contributed by atoms with van der Waals surface area (Å²) < 4.78 is 5.77. The number of hydrogen-bond donors (Lipinski definition) is 3. The van der Waals surface area contributed by atoms with E-state index in [9.17, 15) is 14.7 Å². The topological polar surface area (TPSA) is 104 Å². The fourth-order valence-electron chi connectivity index (χ4n) is 4.52. The number of phenols is 1. The van der Waals surface area contributed by atoms with Gasteiger partial charge in [-0.05, 0) is 74.3 Å². The lowest BCUT2D eigenvalue weighted by atomic mass is 9.83. The Bertz CT molecular complexity index is 910. The number of hydrogen-bond acceptors (Lipinski definition) is 4. The van der Waals surface area contributed by atoms with Gasteiger partial charge in [0.05, 0.1) is 6.10 Å². The van der Waals surface area contributed by atoms with Crippen molar-refractivity contribution in [3.63, 3.8) is 0 Å². The van der Waals surface area contributed by atoms with Gasteiger partial charge in [-0.25, -0.2) is 9.59 Å². The SMILES string of the molecule is O=C(O)c1cc(C2CCCCC2)ccc1O.O=C(O)c1ccccc1OC1CCCCC1. The van der Waals surface area contributed by atoms with Gasteiger partial charge in [0.2, 0.25) is 0 Å². The molecule has 6 heteroatoms. The molecule has 0 saturated heterocycles. The van der Waals surface area contributed by atoms with Crippen molar-refractivity contribution in [2.75, 3.05) is 0 Å². The molecule has 2 aromatic rings. The number of carboxylic acids is 2. The molecule has 0 atom stereocenters. The number of rotatable bonds is 5. The van der Waals surface area contributed by atoms with Gasteiger partial charge in [0.15, 0.2) is 0 Å². The third kappa shape index (κ3) is 6.49. The molecule has 2 aliphatic carbocycles. The first-order chi connectivity index (χ1) is 15.5. The van der Waals surface area contributed by atoms with Crippen LogP contribution in [0.3, 0.4) is 0 Å². The summed E-state index contributed by atoms with van der Waals surface area (Å²) in [6.45, 7) is 0. The number of aromatic carboxylic acids is 2. The highest BCUT2D eigenvalue weighted by Gasteiger charge is 2.19. The number of ether oxygens (including phenoxy) is 1. The smallest absolute Gasteiger partial charge is 0.339 e. The van der Waals surface area contributed by atoms with E-state index in [1.165, 1.54) is 44.6 Å². The predicted octanol–water partition coefficient (Wildman–Crippen LogP) is 6.23. The Kier molecular flexibility index (Phi) is 8.54. The lowest BCUT2D eigenvalue weighted by Gasteiger charge is -2.23. The second-order valence-electron chi connectivity index (χ2n) is 8.60. The second-order valence-corrected chi connectivity index (χ2v) is 8.60. The Hall–Kier alpha value is -3.02. The van der Waals surface area contributed by atoms with Crippen LogP contribution in [0.1, 0.15) is 96.4 Å². The molecule has 0 aliphatic heterocycles. The molecule has 0 heterocycles. The molecule has 0 aromatic heterocycles. The van der Waals surface area contributed by atoms with Crippen LogP contribution in [-0.4, -0.2) is 33.4 Å². The minimum Gasteiger partial charge on any atom is -0.507 e. The molecule has 0 bridgehead atoms. The second kappa shape index (κ2) is 11.6. The van der Waals surface area contributed by atoms with Crippen LogP contribution >= 0.6 is 0 Å². The maximum atomic E-state index is 11.0. The molecule has 2 aliphatic rings. The van der Waals surface area contributed by atoms with Crippen molar-refractivity contribution in [1.82, 2.24) is 0 Å². The Morgan fingerprint density at radius 1 is 0.750 bits per heavy atom. The Morgan fingerprint density at radius 3 is 1.97 bits per heavy atom. The average Bonchev–Trinajstić information content (AvgIpc) is 2.81. The van der Waals surface area contributed by atoms with Crippen molar-refractivity contribution >= 4 is 11.9 Å². The first kappa shape index (κ1) is 23.6. The lowest BCUT2D eigenvalue weighted by molar-refractivity contribution is 0.0677. The minimum atomic E-state index is -1.06. The van der Waals surface area contributed by atoms with Crippen molar-refractivity contribution < 1.29 is 29.6 Å². The van der Waals surface area contributed by atoms with Crippen LogP contribution in [0.15, 0.2) is 42.5 Å². The predicted molar refractivity (Wildman–Crippen MR) is 122 cm³/mol. The maximum Gasteiger partial charge on any atom is 0.339 e. The highest BCUT2D eigenvalue weighted by atomic mass is 16.5. The summed E-state index contributed by atoms with van der Waals surface area (Å²) in [5.74, 6) is -1.16. The van der Waals surface area contributed by atoms with Crippen molar-refractivity contribution in [3.05, 3.63) is 59.2 Å². The minimum absolute atomic E-state index is 0.0167. The van der Waals surface area contributed by atoms with Crippen molar-refractivity contribution in [1.29, 1.82) is 0 Å². The Morgan fingerprint density at radius 2 is 1.34 bits per heavy atom. The van der Waals surface area contributed by atoms with E-state index in [0.717, 1.165) is 31.2 Å². The normalized spacial score (nSPS) is 17.1. The van der Waals surface area contributed by atoms with Gasteiger partial charge in [-0.3, -0.25) is 0 Å². The molecule has 0 amide bonds. The molecule has 6 nitrogen and oxygen atoms in total. The van der Waals surface area contributed by atoms with Gasteiger partial charge >= 0.3 is 11.9 Å². The number of benzene rings is 2. The maximum absolute atomic E-state index is 11.0. The Labute approximate surface area is 188 Å². The van der Waals surface area contributed by atoms with Crippen LogP contribution in [0.2, 0.25) is 0 Å². The van der Waals surface area contributed by atoms with Gasteiger partial charge in [-0.15, -0.1) is 0 Å². The third-order valence-electron chi connectivity index (χ3n) is 6.29. The van der Waals surface area contributed by atoms with E-state index in [-0.39, 0.29) is 23.0 Å². The standard InChI is InChI=1S/2C13H16O3/c14-13(15)11-8-4-5-9-12(11)16-10-6-2-1-3-7-10;14-12-7-6-10(8-11(12)13(15)16)9-4-2-1-3-5-9/h4-5,8-10H,1-3,6-7H2,(H,14,15);6-9,14H,1-5H2,(H,15,16). The van der Waals surface area contributed by atoms with Crippen LogP contribution in [0, 0.1) is 0 Å². The van der Waals surface area contributed by atoms with E-state index >= 15 is 0 Å². The molecule has 172 valence electrons. The summed E-state index contributed by atoms with van der Waals surface area (Å²) in [7, 11) is 0. The van der Waals surface area contributed by atoms with Crippen LogP contribution in [0.25, 0.3) is 0 Å². The van der Waals surface area contributed by atoms with Gasteiger partial charge in [-0.1, -0.05) is 43.9 Å².